The van der Waals surface area contributed by atoms with E-state index in [0.29, 0.717) is 5.95 Å². The van der Waals surface area contributed by atoms with Gasteiger partial charge in [-0.15, -0.1) is 10.2 Å². The number of hydrogen-bond donors (Lipinski definition) is 3. The standard InChI is InChI=1S/C24H28N8O2/c1-4-20(33)28-17-8-5-9-19(14(17)2)32(3)24-29-23(21(22(25)34)30-31-24)27-16-10-11-18-15(13-16)7-6-12-26-18/h4,6-7,10-14,17,19H,1,5,8-9H2,2-3H3,(H2,25,34)(H,28,33)(H,27,29,31)/t14-,17?,19+/m0/s1. The Kier molecular flexibility index (Phi) is 6.67. The molecule has 176 valence electrons. The molecule has 0 spiro atoms. The van der Waals surface area contributed by atoms with Crippen molar-refractivity contribution >= 4 is 40.2 Å². The summed E-state index contributed by atoms with van der Waals surface area (Å²) in [5.41, 5.74) is 7.06. The molecule has 2 aromatic heterocycles. The number of carbonyl (C=O) groups excluding carboxylic acids is 2. The number of nitrogens with two attached hydrogens (primary N) is 1. The van der Waals surface area contributed by atoms with E-state index in [-0.39, 0.29) is 35.4 Å². The van der Waals surface area contributed by atoms with Crippen LogP contribution >= 0.6 is 0 Å². The van der Waals surface area contributed by atoms with Crippen LogP contribution in [-0.2, 0) is 4.79 Å². The molecule has 4 rings (SSSR count). The average Bonchev–Trinajstić information content (AvgIpc) is 2.84. The van der Waals surface area contributed by atoms with Crippen LogP contribution in [0.4, 0.5) is 17.5 Å². The van der Waals surface area contributed by atoms with Crippen molar-refractivity contribution in [1.82, 2.24) is 25.5 Å². The molecule has 1 aromatic carbocycles. The summed E-state index contributed by atoms with van der Waals surface area (Å²) in [5, 5.41) is 15.4. The second-order valence-electron chi connectivity index (χ2n) is 8.50. The zero-order chi connectivity index (χ0) is 24.2. The minimum atomic E-state index is -0.725. The number of primary amides is 1. The summed E-state index contributed by atoms with van der Waals surface area (Å²) >= 11 is 0. The monoisotopic (exact) mass is 460 g/mol. The summed E-state index contributed by atoms with van der Waals surface area (Å²) in [7, 11) is 1.89. The highest BCUT2D eigenvalue weighted by molar-refractivity contribution is 5.96. The molecule has 1 fully saturated rings. The van der Waals surface area contributed by atoms with Crippen LogP contribution in [0.3, 0.4) is 0 Å². The smallest absolute Gasteiger partial charge is 0.273 e. The number of pyridine rings is 1. The van der Waals surface area contributed by atoms with Crippen molar-refractivity contribution in [1.29, 1.82) is 0 Å². The first-order chi connectivity index (χ1) is 16.4. The summed E-state index contributed by atoms with van der Waals surface area (Å²) in [6, 6.07) is 9.54. The van der Waals surface area contributed by atoms with Crippen molar-refractivity contribution < 1.29 is 9.59 Å². The number of nitrogens with zero attached hydrogens (tertiary/aromatic N) is 5. The van der Waals surface area contributed by atoms with Crippen molar-refractivity contribution in [3.63, 3.8) is 0 Å². The van der Waals surface area contributed by atoms with E-state index in [1.54, 1.807) is 6.20 Å². The fraction of sp³-hybridized carbons (Fsp3) is 0.333. The predicted molar refractivity (Wildman–Crippen MR) is 131 cm³/mol. The van der Waals surface area contributed by atoms with Crippen molar-refractivity contribution in [3.8, 4) is 0 Å². The van der Waals surface area contributed by atoms with E-state index >= 15 is 0 Å². The van der Waals surface area contributed by atoms with Crippen LogP contribution in [0.25, 0.3) is 10.9 Å². The third-order valence-corrected chi connectivity index (χ3v) is 6.36. The third kappa shape index (κ3) is 4.80. The largest absolute Gasteiger partial charge is 0.364 e. The van der Waals surface area contributed by atoms with Gasteiger partial charge in [0.05, 0.1) is 5.52 Å². The Balaban J connectivity index is 1.61. The fourth-order valence-electron chi connectivity index (χ4n) is 4.49. The topological polar surface area (TPSA) is 139 Å². The number of rotatable bonds is 7. The van der Waals surface area contributed by atoms with Gasteiger partial charge in [-0.2, -0.15) is 4.98 Å². The minimum Gasteiger partial charge on any atom is -0.364 e. The Morgan fingerprint density at radius 2 is 2.06 bits per heavy atom. The summed E-state index contributed by atoms with van der Waals surface area (Å²) in [6.07, 6.45) is 5.78. The second-order valence-corrected chi connectivity index (χ2v) is 8.50. The Bertz CT molecular complexity index is 1230. The Hall–Kier alpha value is -4.08. The average molecular weight is 461 g/mol. The highest BCUT2D eigenvalue weighted by Gasteiger charge is 2.34. The van der Waals surface area contributed by atoms with Gasteiger partial charge in [0, 0.05) is 36.4 Å². The number of hydrogen-bond acceptors (Lipinski definition) is 8. The molecule has 2 amide bonds. The molecule has 1 aliphatic carbocycles. The lowest BCUT2D eigenvalue weighted by Gasteiger charge is -2.41. The number of carbonyl (C=O) groups is 2. The van der Waals surface area contributed by atoms with E-state index in [4.69, 9.17) is 5.73 Å². The molecule has 2 heterocycles. The minimum absolute atomic E-state index is 0.0216. The van der Waals surface area contributed by atoms with Gasteiger partial charge in [0.15, 0.2) is 11.5 Å². The number of amides is 2. The van der Waals surface area contributed by atoms with Gasteiger partial charge < -0.3 is 21.3 Å². The van der Waals surface area contributed by atoms with E-state index < -0.39 is 5.91 Å². The lowest BCUT2D eigenvalue weighted by molar-refractivity contribution is -0.117. The molecule has 0 radical (unpaired) electrons. The molecule has 1 unspecified atom stereocenters. The van der Waals surface area contributed by atoms with Crippen LogP contribution in [0.5, 0.6) is 0 Å². The maximum absolute atomic E-state index is 12.0. The Morgan fingerprint density at radius 3 is 2.82 bits per heavy atom. The zero-order valence-electron chi connectivity index (χ0n) is 19.2. The van der Waals surface area contributed by atoms with Crippen molar-refractivity contribution in [3.05, 3.63) is 54.9 Å². The molecular formula is C24H28N8O2. The number of anilines is 3. The molecule has 1 saturated carbocycles. The van der Waals surface area contributed by atoms with Crippen LogP contribution in [0.2, 0.25) is 0 Å². The number of nitrogens with one attached hydrogen (secondary N) is 2. The van der Waals surface area contributed by atoms with Gasteiger partial charge >= 0.3 is 0 Å². The third-order valence-electron chi connectivity index (χ3n) is 6.36. The van der Waals surface area contributed by atoms with E-state index in [1.165, 1.54) is 6.08 Å². The van der Waals surface area contributed by atoms with Gasteiger partial charge in [0.25, 0.3) is 5.91 Å². The van der Waals surface area contributed by atoms with Gasteiger partial charge in [-0.05, 0) is 55.5 Å². The molecule has 0 saturated heterocycles. The molecule has 34 heavy (non-hydrogen) atoms. The molecule has 10 nitrogen and oxygen atoms in total. The second kappa shape index (κ2) is 9.82. The van der Waals surface area contributed by atoms with Crippen LogP contribution in [-0.4, -0.2) is 51.1 Å². The predicted octanol–water partition coefficient (Wildman–Crippen LogP) is 2.56. The molecule has 0 bridgehead atoms. The maximum atomic E-state index is 12.0. The zero-order valence-corrected chi connectivity index (χ0v) is 19.2. The van der Waals surface area contributed by atoms with Gasteiger partial charge in [0.2, 0.25) is 11.9 Å². The van der Waals surface area contributed by atoms with Crippen LogP contribution in [0.1, 0.15) is 36.7 Å². The molecular weight excluding hydrogens is 432 g/mol. The first kappa shape index (κ1) is 23.1. The summed E-state index contributed by atoms with van der Waals surface area (Å²) in [5.74, 6) is -0.167. The van der Waals surface area contributed by atoms with Gasteiger partial charge in [-0.3, -0.25) is 14.6 Å². The van der Waals surface area contributed by atoms with E-state index in [2.05, 4.69) is 44.3 Å². The molecule has 3 aromatic rings. The molecule has 1 aliphatic rings. The first-order valence-electron chi connectivity index (χ1n) is 11.2. The fourth-order valence-corrected chi connectivity index (χ4v) is 4.49. The summed E-state index contributed by atoms with van der Waals surface area (Å²) < 4.78 is 0. The highest BCUT2D eigenvalue weighted by Crippen LogP contribution is 2.30. The van der Waals surface area contributed by atoms with Crippen LogP contribution in [0.15, 0.2) is 49.2 Å². The van der Waals surface area contributed by atoms with Crippen molar-refractivity contribution in [2.45, 2.75) is 38.3 Å². The maximum Gasteiger partial charge on any atom is 0.273 e. The molecule has 3 atom stereocenters. The first-order valence-corrected chi connectivity index (χ1v) is 11.2. The summed E-state index contributed by atoms with van der Waals surface area (Å²) in [6.45, 7) is 5.64. The normalized spacial score (nSPS) is 19.9. The lowest BCUT2D eigenvalue weighted by Crippen LogP contribution is -2.51. The Morgan fingerprint density at radius 1 is 1.24 bits per heavy atom. The van der Waals surface area contributed by atoms with E-state index in [1.807, 2.05) is 42.3 Å². The molecule has 10 heteroatoms. The van der Waals surface area contributed by atoms with Crippen molar-refractivity contribution in [2.75, 3.05) is 17.3 Å². The highest BCUT2D eigenvalue weighted by atomic mass is 16.2. The summed E-state index contributed by atoms with van der Waals surface area (Å²) in [4.78, 5) is 34.7. The van der Waals surface area contributed by atoms with Crippen LogP contribution < -0.4 is 21.3 Å². The number of aromatic nitrogens is 4. The molecule has 0 aliphatic heterocycles. The number of fused-ring (bicyclic) bond motifs is 1. The van der Waals surface area contributed by atoms with Crippen LogP contribution in [0, 0.1) is 5.92 Å². The number of benzene rings is 1. The SMILES string of the molecule is C=CC(=O)NC1CCC[C@@H](N(C)c2nnc(C(N)=O)c(Nc3ccc4ncccc4c3)n2)[C@H]1C. The van der Waals surface area contributed by atoms with Gasteiger partial charge in [-0.1, -0.05) is 19.6 Å². The van der Waals surface area contributed by atoms with E-state index in [0.717, 1.165) is 35.9 Å². The van der Waals surface area contributed by atoms with Gasteiger partial charge in [-0.25, -0.2) is 0 Å². The Labute approximate surface area is 197 Å². The molecule has 4 N–H and O–H groups in total. The quantitative estimate of drug-likeness (QED) is 0.457. The van der Waals surface area contributed by atoms with E-state index in [9.17, 15) is 9.59 Å². The van der Waals surface area contributed by atoms with Gasteiger partial charge in [0.1, 0.15) is 0 Å². The lowest BCUT2D eigenvalue weighted by atomic mass is 9.81. The van der Waals surface area contributed by atoms with Crippen molar-refractivity contribution in [2.24, 2.45) is 11.7 Å².